The molecule has 0 heterocycles. The van der Waals surface area contributed by atoms with Gasteiger partial charge in [-0.05, 0) is 24.1 Å². The van der Waals surface area contributed by atoms with Gasteiger partial charge in [0.1, 0.15) is 5.75 Å². The van der Waals surface area contributed by atoms with Crippen LogP contribution in [0, 0.1) is 5.92 Å². The molecule has 5 heteroatoms. The van der Waals surface area contributed by atoms with Gasteiger partial charge < -0.3 is 15.2 Å². The number of ether oxygens (including phenoxy) is 1. The molecule has 2 rings (SSSR count). The summed E-state index contributed by atoms with van der Waals surface area (Å²) in [6, 6.07) is 17.0. The van der Waals surface area contributed by atoms with E-state index in [1.54, 1.807) is 37.3 Å². The monoisotopic (exact) mass is 327 g/mol. The van der Waals surface area contributed by atoms with E-state index in [0.29, 0.717) is 18.6 Å². The maximum atomic E-state index is 12.2. The molecule has 2 aromatic rings. The third-order valence-electron chi connectivity index (χ3n) is 3.68. The van der Waals surface area contributed by atoms with E-state index in [-0.39, 0.29) is 11.8 Å². The third-order valence-corrected chi connectivity index (χ3v) is 3.68. The van der Waals surface area contributed by atoms with E-state index < -0.39 is 12.0 Å². The van der Waals surface area contributed by atoms with Crippen molar-refractivity contribution in [3.63, 3.8) is 0 Å². The lowest BCUT2D eigenvalue weighted by Crippen LogP contribution is -2.37. The fourth-order valence-corrected chi connectivity index (χ4v) is 2.22. The van der Waals surface area contributed by atoms with Gasteiger partial charge in [0, 0.05) is 5.92 Å². The van der Waals surface area contributed by atoms with Crippen LogP contribution in [0.15, 0.2) is 60.7 Å². The highest BCUT2D eigenvalue weighted by molar-refractivity contribution is 5.85. The van der Waals surface area contributed by atoms with Crippen molar-refractivity contribution in [1.29, 1.82) is 0 Å². The predicted octanol–water partition coefficient (Wildman–Crippen LogP) is 3.03. The van der Waals surface area contributed by atoms with Crippen LogP contribution in [0.2, 0.25) is 0 Å². The van der Waals surface area contributed by atoms with Gasteiger partial charge in [-0.25, -0.2) is 4.79 Å². The molecule has 5 nitrogen and oxygen atoms in total. The fourth-order valence-electron chi connectivity index (χ4n) is 2.22. The van der Waals surface area contributed by atoms with Crippen molar-refractivity contribution in [1.82, 2.24) is 5.32 Å². The first-order valence-corrected chi connectivity index (χ1v) is 7.84. The molecule has 2 atom stereocenters. The van der Waals surface area contributed by atoms with Crippen molar-refractivity contribution < 1.29 is 19.4 Å². The summed E-state index contributed by atoms with van der Waals surface area (Å²) in [5.41, 5.74) is 0.547. The molecule has 2 aromatic carbocycles. The van der Waals surface area contributed by atoms with Crippen LogP contribution in [0.4, 0.5) is 0 Å². The minimum atomic E-state index is -1.08. The van der Waals surface area contributed by atoms with Crippen LogP contribution in [0.3, 0.4) is 0 Å². The normalized spacial score (nSPS) is 12.9. The second kappa shape index (κ2) is 8.72. The average Bonchev–Trinajstić information content (AvgIpc) is 2.60. The van der Waals surface area contributed by atoms with Crippen LogP contribution in [-0.2, 0) is 9.59 Å². The Balaban J connectivity index is 1.86. The molecule has 24 heavy (non-hydrogen) atoms. The van der Waals surface area contributed by atoms with Crippen LogP contribution in [0.1, 0.15) is 24.9 Å². The van der Waals surface area contributed by atoms with Gasteiger partial charge in [-0.2, -0.15) is 0 Å². The highest BCUT2D eigenvalue weighted by Gasteiger charge is 2.24. The van der Waals surface area contributed by atoms with Crippen LogP contribution in [0.25, 0.3) is 0 Å². The molecule has 0 aromatic heterocycles. The van der Waals surface area contributed by atoms with Crippen LogP contribution < -0.4 is 10.1 Å². The van der Waals surface area contributed by atoms with Crippen LogP contribution >= 0.6 is 0 Å². The summed E-state index contributed by atoms with van der Waals surface area (Å²) in [5, 5.41) is 11.9. The highest BCUT2D eigenvalue weighted by Crippen LogP contribution is 2.15. The summed E-state index contributed by atoms with van der Waals surface area (Å²) >= 11 is 0. The largest absolute Gasteiger partial charge is 0.494 e. The number of carbonyl (C=O) groups is 2. The zero-order chi connectivity index (χ0) is 17.4. The summed E-state index contributed by atoms with van der Waals surface area (Å²) < 4.78 is 5.57. The summed E-state index contributed by atoms with van der Waals surface area (Å²) in [6.07, 6.45) is 0.502. The topological polar surface area (TPSA) is 75.6 Å². The molecular formula is C19H21NO4. The summed E-state index contributed by atoms with van der Waals surface area (Å²) in [7, 11) is 0. The van der Waals surface area contributed by atoms with E-state index >= 15 is 0 Å². The molecule has 2 N–H and O–H groups in total. The number of hydrogen-bond donors (Lipinski definition) is 2. The summed E-state index contributed by atoms with van der Waals surface area (Å²) in [5.74, 6) is -0.984. The Bertz CT molecular complexity index is 658. The molecule has 0 bridgehead atoms. The number of carboxylic acids is 1. The van der Waals surface area contributed by atoms with E-state index in [1.165, 1.54) is 0 Å². The quantitative estimate of drug-likeness (QED) is 0.781. The van der Waals surface area contributed by atoms with Crippen molar-refractivity contribution in [3.8, 4) is 5.75 Å². The minimum Gasteiger partial charge on any atom is -0.494 e. The lowest BCUT2D eigenvalue weighted by molar-refractivity contribution is -0.142. The number of carbonyl (C=O) groups excluding carboxylic acids is 1. The molecule has 1 unspecified atom stereocenters. The SMILES string of the molecule is CC(CCOc1ccccc1)C(=O)N[C@@H](C(=O)O)c1ccccc1. The first-order valence-electron chi connectivity index (χ1n) is 7.84. The lowest BCUT2D eigenvalue weighted by Gasteiger charge is -2.18. The Hall–Kier alpha value is -2.82. The van der Waals surface area contributed by atoms with E-state index in [1.807, 2.05) is 30.3 Å². The molecule has 0 radical (unpaired) electrons. The van der Waals surface area contributed by atoms with Crippen molar-refractivity contribution >= 4 is 11.9 Å². The standard InChI is InChI=1S/C19H21NO4/c1-14(12-13-24-16-10-6-3-7-11-16)18(21)20-17(19(22)23)15-8-4-2-5-9-15/h2-11,14,17H,12-13H2,1H3,(H,20,21)(H,22,23)/t14?,17-/m1/s1. The van der Waals surface area contributed by atoms with Crippen LogP contribution in [0.5, 0.6) is 5.75 Å². The first kappa shape index (κ1) is 17.5. The van der Waals surface area contributed by atoms with Gasteiger partial charge in [0.05, 0.1) is 6.61 Å². The molecule has 1 amide bonds. The van der Waals surface area contributed by atoms with Crippen molar-refractivity contribution in [3.05, 3.63) is 66.2 Å². The Morgan fingerprint density at radius 2 is 1.62 bits per heavy atom. The molecule has 0 aliphatic rings. The Kier molecular flexibility index (Phi) is 6.37. The number of para-hydroxylation sites is 1. The number of rotatable bonds is 8. The van der Waals surface area contributed by atoms with Gasteiger partial charge >= 0.3 is 5.97 Å². The smallest absolute Gasteiger partial charge is 0.330 e. The van der Waals surface area contributed by atoms with E-state index in [0.717, 1.165) is 5.75 Å². The minimum absolute atomic E-state index is 0.303. The molecule has 126 valence electrons. The molecular weight excluding hydrogens is 306 g/mol. The molecule has 0 saturated heterocycles. The highest BCUT2D eigenvalue weighted by atomic mass is 16.5. The van der Waals surface area contributed by atoms with E-state index in [9.17, 15) is 14.7 Å². The third kappa shape index (κ3) is 5.12. The van der Waals surface area contributed by atoms with Crippen molar-refractivity contribution in [2.45, 2.75) is 19.4 Å². The van der Waals surface area contributed by atoms with Crippen LogP contribution in [-0.4, -0.2) is 23.6 Å². The molecule has 0 fully saturated rings. The van der Waals surface area contributed by atoms with Crippen molar-refractivity contribution in [2.24, 2.45) is 5.92 Å². The lowest BCUT2D eigenvalue weighted by atomic mass is 10.0. The maximum Gasteiger partial charge on any atom is 0.330 e. The Morgan fingerprint density at radius 3 is 2.21 bits per heavy atom. The molecule has 0 aliphatic carbocycles. The zero-order valence-corrected chi connectivity index (χ0v) is 13.5. The molecule has 0 spiro atoms. The molecule has 0 aliphatic heterocycles. The average molecular weight is 327 g/mol. The first-order chi connectivity index (χ1) is 11.6. The van der Waals surface area contributed by atoms with E-state index in [2.05, 4.69) is 5.32 Å². The number of hydrogen-bond acceptors (Lipinski definition) is 3. The number of nitrogens with one attached hydrogen (secondary N) is 1. The second-order valence-corrected chi connectivity index (χ2v) is 5.54. The Labute approximate surface area is 141 Å². The molecule has 0 saturated carbocycles. The summed E-state index contributed by atoms with van der Waals surface area (Å²) in [6.45, 7) is 2.15. The van der Waals surface area contributed by atoms with Gasteiger partial charge in [0.15, 0.2) is 6.04 Å². The van der Waals surface area contributed by atoms with Gasteiger partial charge in [-0.3, -0.25) is 4.79 Å². The van der Waals surface area contributed by atoms with Gasteiger partial charge in [0.2, 0.25) is 5.91 Å². The van der Waals surface area contributed by atoms with Crippen molar-refractivity contribution in [2.75, 3.05) is 6.61 Å². The second-order valence-electron chi connectivity index (χ2n) is 5.54. The number of aliphatic carboxylic acids is 1. The van der Waals surface area contributed by atoms with E-state index in [4.69, 9.17) is 4.74 Å². The van der Waals surface area contributed by atoms with Gasteiger partial charge in [0.25, 0.3) is 0 Å². The van der Waals surface area contributed by atoms with Gasteiger partial charge in [-0.15, -0.1) is 0 Å². The van der Waals surface area contributed by atoms with Gasteiger partial charge in [-0.1, -0.05) is 55.5 Å². The summed E-state index contributed by atoms with van der Waals surface area (Å²) in [4.78, 5) is 23.7. The number of carboxylic acid groups (broad SMARTS) is 1. The number of amides is 1. The predicted molar refractivity (Wildman–Crippen MR) is 90.7 cm³/mol. The zero-order valence-electron chi connectivity index (χ0n) is 13.5. The number of benzene rings is 2. The fraction of sp³-hybridized carbons (Fsp3) is 0.263. The maximum absolute atomic E-state index is 12.2. The Morgan fingerprint density at radius 1 is 1.04 bits per heavy atom.